The fraction of sp³-hybridized carbons (Fsp3) is 0.556. The van der Waals surface area contributed by atoms with Crippen LogP contribution in [0.3, 0.4) is 0 Å². The van der Waals surface area contributed by atoms with Gasteiger partial charge in [-0.3, -0.25) is 9.13 Å². The van der Waals surface area contributed by atoms with E-state index in [1.165, 1.54) is 28.4 Å². The van der Waals surface area contributed by atoms with Crippen molar-refractivity contribution in [1.82, 2.24) is 49.5 Å². The van der Waals surface area contributed by atoms with Gasteiger partial charge in [-0.15, -0.1) is 20.4 Å². The lowest BCUT2D eigenvalue weighted by atomic mass is 10.1. The number of hydrogen-bond acceptors (Lipinski definition) is 24. The molecule has 0 bridgehead atoms. The molecule has 26 nitrogen and oxygen atoms in total. The molecule has 0 amide bonds. The molecule has 2 aromatic carbocycles. The van der Waals surface area contributed by atoms with Crippen LogP contribution in [0.4, 0.5) is 20.7 Å². The Bertz CT molecular complexity index is 3100. The zero-order valence-electron chi connectivity index (χ0n) is 47.9. The lowest BCUT2D eigenvalue weighted by Crippen LogP contribution is -2.51. The first-order valence-electron chi connectivity index (χ1n) is 27.3. The second kappa shape index (κ2) is 27.5. The Balaban J connectivity index is 0.000000202. The van der Waals surface area contributed by atoms with Gasteiger partial charge in [0.05, 0.1) is 128 Å². The number of para-hydroxylation sites is 2. The SMILES string of the molecule is COc1cccc(OC)c1-n1c(CS(=O)(=O)[C@@H]2C[C@H](OC(C)C)CN(c3ncc(F)cn3)C2)nnc1[C@@H]1COCCO1.COc1cccc(OC)c1-n1c(CS(=O)(=O)[C@@H]2C[C@H](OC(C)C)CN(c3ncc(F)cn3)C2)nnc1[C@H]1COCCO1. The zero-order valence-corrected chi connectivity index (χ0v) is 49.6. The summed E-state index contributed by atoms with van der Waals surface area (Å²) in [6, 6.07) is 10.5. The minimum atomic E-state index is -3.87. The lowest BCUT2D eigenvalue weighted by molar-refractivity contribution is -0.0942. The number of rotatable bonds is 20. The predicted octanol–water partition coefficient (Wildman–Crippen LogP) is 4.58. The second-order valence-electron chi connectivity index (χ2n) is 20.7. The molecule has 0 spiro atoms. The second-order valence-corrected chi connectivity index (χ2v) is 25.2. The van der Waals surface area contributed by atoms with Crippen molar-refractivity contribution in [3.63, 3.8) is 0 Å². The third-order valence-electron chi connectivity index (χ3n) is 14.1. The van der Waals surface area contributed by atoms with Gasteiger partial charge in [0.25, 0.3) is 0 Å². The summed E-state index contributed by atoms with van der Waals surface area (Å²) in [7, 11) is -1.68. The molecule has 456 valence electrons. The van der Waals surface area contributed by atoms with Gasteiger partial charge in [0.1, 0.15) is 58.1 Å². The molecule has 6 aromatic rings. The Hall–Kier alpha value is -6.80. The number of ether oxygens (including phenoxy) is 10. The van der Waals surface area contributed by atoms with Gasteiger partial charge in [0.2, 0.25) is 11.9 Å². The van der Waals surface area contributed by atoms with Crippen molar-refractivity contribution in [2.45, 2.75) is 99.2 Å². The fourth-order valence-corrected chi connectivity index (χ4v) is 13.9. The van der Waals surface area contributed by atoms with Crippen LogP contribution >= 0.6 is 0 Å². The van der Waals surface area contributed by atoms with Gasteiger partial charge < -0.3 is 57.2 Å². The molecule has 4 fully saturated rings. The van der Waals surface area contributed by atoms with Gasteiger partial charge in [-0.2, -0.15) is 0 Å². The number of hydrogen-bond donors (Lipinski definition) is 0. The number of anilines is 2. The molecule has 8 heterocycles. The summed E-state index contributed by atoms with van der Waals surface area (Å²) in [6.07, 6.45) is 2.49. The molecule has 10 rings (SSSR count). The third-order valence-corrected chi connectivity index (χ3v) is 18.1. The number of piperidine rings is 2. The highest BCUT2D eigenvalue weighted by Crippen LogP contribution is 2.39. The average molecular weight is 1210 g/mol. The summed E-state index contributed by atoms with van der Waals surface area (Å²) in [5, 5.41) is 15.7. The van der Waals surface area contributed by atoms with E-state index in [1.54, 1.807) is 55.3 Å². The minimum absolute atomic E-state index is 0.102. The topological polar surface area (TPSA) is 280 Å². The molecule has 84 heavy (non-hydrogen) atoms. The normalized spacial score (nSPS) is 21.5. The summed E-state index contributed by atoms with van der Waals surface area (Å²) in [6.45, 7) is 10.5. The smallest absolute Gasteiger partial charge is 0.225 e. The van der Waals surface area contributed by atoms with Crippen LogP contribution in [0.15, 0.2) is 61.2 Å². The number of benzene rings is 2. The molecule has 0 saturated carbocycles. The molecule has 4 saturated heterocycles. The maximum atomic E-state index is 14.1. The van der Waals surface area contributed by atoms with Crippen molar-refractivity contribution < 1.29 is 73.0 Å². The molecule has 4 aliphatic rings. The van der Waals surface area contributed by atoms with Crippen LogP contribution in [0.1, 0.15) is 76.0 Å². The van der Waals surface area contributed by atoms with Gasteiger partial charge in [-0.05, 0) is 64.8 Å². The van der Waals surface area contributed by atoms with E-state index in [1.807, 2.05) is 27.7 Å². The van der Waals surface area contributed by atoms with E-state index >= 15 is 0 Å². The summed E-state index contributed by atoms with van der Waals surface area (Å²) < 4.78 is 144. The van der Waals surface area contributed by atoms with Crippen LogP contribution in [0, 0.1) is 11.6 Å². The number of halogens is 2. The van der Waals surface area contributed by atoms with E-state index in [9.17, 15) is 25.6 Å². The molecule has 0 radical (unpaired) electrons. The average Bonchev–Trinajstić information content (AvgIpc) is 3.37. The number of nitrogens with zero attached hydrogens (tertiary/aromatic N) is 12. The quantitative estimate of drug-likeness (QED) is 0.101. The molecule has 4 aromatic heterocycles. The Kier molecular flexibility index (Phi) is 20.2. The fourth-order valence-electron chi connectivity index (χ4n) is 10.5. The highest BCUT2D eigenvalue weighted by atomic mass is 32.2. The van der Waals surface area contributed by atoms with Gasteiger partial charge in [-0.1, -0.05) is 12.1 Å². The van der Waals surface area contributed by atoms with Gasteiger partial charge >= 0.3 is 0 Å². The lowest BCUT2D eigenvalue weighted by Gasteiger charge is -2.38. The molecule has 0 unspecified atom stereocenters. The Morgan fingerprint density at radius 2 is 0.893 bits per heavy atom. The summed E-state index contributed by atoms with van der Waals surface area (Å²) in [5.41, 5.74) is 0.903. The van der Waals surface area contributed by atoms with Crippen LogP contribution in [-0.2, 0) is 59.6 Å². The van der Waals surface area contributed by atoms with Crippen LogP contribution in [0.5, 0.6) is 23.0 Å². The monoisotopic (exact) mass is 1210 g/mol. The molecule has 30 heteroatoms. The van der Waals surface area contributed by atoms with Gasteiger partial charge in [0, 0.05) is 26.2 Å². The highest BCUT2D eigenvalue weighted by Gasteiger charge is 2.42. The Labute approximate surface area is 485 Å². The van der Waals surface area contributed by atoms with Crippen LogP contribution in [0.2, 0.25) is 0 Å². The van der Waals surface area contributed by atoms with E-state index in [4.69, 9.17) is 47.4 Å². The first kappa shape index (κ1) is 61.8. The van der Waals surface area contributed by atoms with Crippen molar-refractivity contribution in [2.24, 2.45) is 0 Å². The van der Waals surface area contributed by atoms with E-state index in [2.05, 4.69) is 40.3 Å². The van der Waals surface area contributed by atoms with Crippen LogP contribution in [-0.4, -0.2) is 195 Å². The Morgan fingerprint density at radius 1 is 0.536 bits per heavy atom. The van der Waals surface area contributed by atoms with Crippen molar-refractivity contribution in [2.75, 3.05) is 104 Å². The molecular weight excluding hydrogens is 1140 g/mol. The first-order chi connectivity index (χ1) is 40.4. The summed E-state index contributed by atoms with van der Waals surface area (Å²) in [5.74, 6) is 1.24. The van der Waals surface area contributed by atoms with E-state index in [-0.39, 0.29) is 74.9 Å². The predicted molar refractivity (Wildman–Crippen MR) is 298 cm³/mol. The van der Waals surface area contributed by atoms with Gasteiger partial charge in [-0.25, -0.2) is 45.6 Å². The number of methoxy groups -OCH3 is 4. The van der Waals surface area contributed by atoms with Gasteiger partial charge in [0.15, 0.2) is 54.6 Å². The van der Waals surface area contributed by atoms with E-state index < -0.39 is 77.7 Å². The van der Waals surface area contributed by atoms with Crippen molar-refractivity contribution in [3.8, 4) is 34.4 Å². The number of sulfone groups is 2. The standard InChI is InChI=1S/2C27H35FN6O7S/c2*1-17(2)41-19-10-20(14-33(13-19)27-29-11-18(28)12-30-27)42(35,36)16-24-31-32-26(23-15-39-8-9-40-23)34(24)25-21(37-3)6-5-7-22(25)38-4/h2*5-7,11-12,17,19-20,23H,8-10,13-16H2,1-4H3/t19-,20+,23+;19-,20+,23-/m00/s1. The molecule has 0 aliphatic carbocycles. The van der Waals surface area contributed by atoms with Crippen molar-refractivity contribution >= 4 is 31.6 Å². The maximum absolute atomic E-state index is 14.1. The first-order valence-corrected chi connectivity index (χ1v) is 30.7. The third kappa shape index (κ3) is 14.5. The van der Waals surface area contributed by atoms with Crippen molar-refractivity contribution in [1.29, 1.82) is 0 Å². The van der Waals surface area contributed by atoms with E-state index in [0.717, 1.165) is 24.8 Å². The molecule has 4 aliphatic heterocycles. The molecule has 6 atom stereocenters. The molecular formula is C54H70F2N12O14S2. The highest BCUT2D eigenvalue weighted by molar-refractivity contribution is 7.91. The summed E-state index contributed by atoms with van der Waals surface area (Å²) >= 11 is 0. The maximum Gasteiger partial charge on any atom is 0.225 e. The molecule has 0 N–H and O–H groups in total. The van der Waals surface area contributed by atoms with Crippen LogP contribution in [0.25, 0.3) is 11.4 Å². The number of aromatic nitrogens is 10. The van der Waals surface area contributed by atoms with E-state index in [0.29, 0.717) is 85.5 Å². The van der Waals surface area contributed by atoms with Crippen molar-refractivity contribution in [3.05, 3.63) is 96.1 Å². The minimum Gasteiger partial charge on any atom is -0.494 e. The Morgan fingerprint density at radius 3 is 1.20 bits per heavy atom. The zero-order chi connectivity index (χ0) is 59.7. The van der Waals surface area contributed by atoms with Crippen LogP contribution < -0.4 is 28.7 Å². The largest absolute Gasteiger partial charge is 0.494 e. The summed E-state index contributed by atoms with van der Waals surface area (Å²) in [4.78, 5) is 19.7.